The van der Waals surface area contributed by atoms with Crippen LogP contribution in [0, 0.1) is 0 Å². The molecule has 0 spiro atoms. The molecule has 0 N–H and O–H groups in total. The Morgan fingerprint density at radius 3 is 2.56 bits per heavy atom. The van der Waals surface area contributed by atoms with Crippen LogP contribution in [0.15, 0.2) is 65.0 Å². The summed E-state index contributed by atoms with van der Waals surface area (Å²) in [6.07, 6.45) is 2.70. The topological polar surface area (TPSA) is 81.0 Å². The third-order valence-electron chi connectivity index (χ3n) is 5.37. The van der Waals surface area contributed by atoms with Crippen LogP contribution >= 0.6 is 11.3 Å². The second-order valence-electron chi connectivity index (χ2n) is 7.40. The maximum Gasteiger partial charge on any atom is 0.279 e. The Labute approximate surface area is 191 Å². The van der Waals surface area contributed by atoms with Crippen LogP contribution in [0.25, 0.3) is 10.2 Å². The molecule has 7 nitrogen and oxygen atoms in total. The Morgan fingerprint density at radius 1 is 1.19 bits per heavy atom. The van der Waals surface area contributed by atoms with Crippen molar-refractivity contribution in [2.45, 2.75) is 24.8 Å². The van der Waals surface area contributed by atoms with E-state index in [-0.39, 0.29) is 4.90 Å². The highest BCUT2D eigenvalue weighted by Crippen LogP contribution is 2.21. The van der Waals surface area contributed by atoms with Gasteiger partial charge in [0.25, 0.3) is 5.91 Å². The van der Waals surface area contributed by atoms with Gasteiger partial charge in [-0.1, -0.05) is 30.4 Å². The van der Waals surface area contributed by atoms with Gasteiger partial charge in [0.1, 0.15) is 0 Å². The molecule has 0 radical (unpaired) electrons. The van der Waals surface area contributed by atoms with Crippen LogP contribution in [-0.2, 0) is 27.7 Å². The van der Waals surface area contributed by atoms with Crippen LogP contribution in [0.2, 0.25) is 0 Å². The summed E-state index contributed by atoms with van der Waals surface area (Å²) in [6.45, 7) is 7.87. The summed E-state index contributed by atoms with van der Waals surface area (Å²) in [5.74, 6) is -0.416. The number of rotatable bonds is 6. The van der Waals surface area contributed by atoms with Gasteiger partial charge in [-0.2, -0.15) is 9.30 Å². The van der Waals surface area contributed by atoms with Crippen molar-refractivity contribution in [3.63, 3.8) is 0 Å². The Balaban J connectivity index is 1.65. The van der Waals surface area contributed by atoms with Crippen molar-refractivity contribution in [2.24, 2.45) is 4.99 Å². The van der Waals surface area contributed by atoms with Crippen LogP contribution in [0.5, 0.6) is 0 Å². The highest BCUT2D eigenvalue weighted by atomic mass is 32.2. The smallest absolute Gasteiger partial charge is 0.279 e. The standard InChI is InChI=1S/C23H25N3O4S2/c1-3-11-26-20-10-5-17(4-2)16-21(20)31-23(26)24-22(27)18-6-8-19(9-7-18)32(28,29)25-12-14-30-15-13-25/h3,5-10,16H,1,4,11-15H2,2H3. The quantitative estimate of drug-likeness (QED) is 0.517. The average Bonchev–Trinajstić information content (AvgIpc) is 3.16. The summed E-state index contributed by atoms with van der Waals surface area (Å²) >= 11 is 1.46. The number of allylic oxidation sites excluding steroid dienone is 1. The number of carbonyl (C=O) groups is 1. The number of aromatic nitrogens is 1. The molecule has 168 valence electrons. The molecule has 32 heavy (non-hydrogen) atoms. The van der Waals surface area contributed by atoms with Gasteiger partial charge in [-0.3, -0.25) is 4.79 Å². The molecule has 0 atom stereocenters. The van der Waals surface area contributed by atoms with E-state index in [1.54, 1.807) is 6.08 Å². The van der Waals surface area contributed by atoms with Crippen molar-refractivity contribution in [3.05, 3.63) is 71.0 Å². The lowest BCUT2D eigenvalue weighted by molar-refractivity contribution is 0.0730. The fraction of sp³-hybridized carbons (Fsp3) is 0.304. The second-order valence-corrected chi connectivity index (χ2v) is 10.3. The van der Waals surface area contributed by atoms with E-state index in [1.165, 1.54) is 45.5 Å². The first-order valence-electron chi connectivity index (χ1n) is 10.4. The zero-order valence-electron chi connectivity index (χ0n) is 17.9. The van der Waals surface area contributed by atoms with Crippen LogP contribution in [0.1, 0.15) is 22.8 Å². The van der Waals surface area contributed by atoms with Gasteiger partial charge in [-0.05, 0) is 48.4 Å². The van der Waals surface area contributed by atoms with Gasteiger partial charge in [-0.15, -0.1) is 6.58 Å². The maximum absolute atomic E-state index is 12.9. The predicted molar refractivity (Wildman–Crippen MR) is 125 cm³/mol. The number of amides is 1. The summed E-state index contributed by atoms with van der Waals surface area (Å²) in [6, 6.07) is 12.2. The fourth-order valence-corrected chi connectivity index (χ4v) is 6.09. The molecule has 1 aliphatic heterocycles. The molecule has 1 fully saturated rings. The number of sulfonamides is 1. The minimum absolute atomic E-state index is 0.159. The minimum Gasteiger partial charge on any atom is -0.379 e. The number of ether oxygens (including phenoxy) is 1. The van der Waals surface area contributed by atoms with Crippen molar-refractivity contribution >= 4 is 37.5 Å². The van der Waals surface area contributed by atoms with Gasteiger partial charge >= 0.3 is 0 Å². The summed E-state index contributed by atoms with van der Waals surface area (Å²) in [4.78, 5) is 17.9. The molecular formula is C23H25N3O4S2. The van der Waals surface area contributed by atoms with E-state index in [2.05, 4.69) is 30.6 Å². The molecule has 0 aliphatic carbocycles. The molecule has 2 aromatic carbocycles. The number of aryl methyl sites for hydroxylation is 1. The number of thiazole rings is 1. The minimum atomic E-state index is -3.60. The Hall–Kier alpha value is -2.59. The van der Waals surface area contributed by atoms with E-state index in [9.17, 15) is 13.2 Å². The third-order valence-corrected chi connectivity index (χ3v) is 8.33. The Kier molecular flexibility index (Phi) is 6.71. The number of fused-ring (bicyclic) bond motifs is 1. The molecular weight excluding hydrogens is 446 g/mol. The van der Waals surface area contributed by atoms with E-state index in [0.29, 0.717) is 43.2 Å². The summed E-state index contributed by atoms with van der Waals surface area (Å²) < 4.78 is 35.2. The third kappa shape index (κ3) is 4.47. The molecule has 0 bridgehead atoms. The molecule has 4 rings (SSSR count). The monoisotopic (exact) mass is 471 g/mol. The van der Waals surface area contributed by atoms with Crippen LogP contribution < -0.4 is 4.80 Å². The zero-order valence-corrected chi connectivity index (χ0v) is 19.5. The van der Waals surface area contributed by atoms with Crippen molar-refractivity contribution in [1.82, 2.24) is 8.87 Å². The summed E-state index contributed by atoms with van der Waals surface area (Å²) in [7, 11) is -3.60. The zero-order chi connectivity index (χ0) is 22.7. The van der Waals surface area contributed by atoms with Gasteiger partial charge in [0.05, 0.1) is 28.3 Å². The number of nitrogens with zero attached hydrogens (tertiary/aromatic N) is 3. The first kappa shape index (κ1) is 22.6. The normalized spacial score (nSPS) is 15.8. The van der Waals surface area contributed by atoms with Crippen molar-refractivity contribution < 1.29 is 17.9 Å². The number of morpholine rings is 1. The fourth-order valence-electron chi connectivity index (χ4n) is 3.59. The Morgan fingerprint density at radius 2 is 1.91 bits per heavy atom. The number of hydrogen-bond acceptors (Lipinski definition) is 5. The van der Waals surface area contributed by atoms with Crippen LogP contribution in [0.4, 0.5) is 0 Å². The lowest BCUT2D eigenvalue weighted by Crippen LogP contribution is -2.40. The predicted octanol–water partition coefficient (Wildman–Crippen LogP) is 3.21. The molecule has 1 amide bonds. The molecule has 0 saturated carbocycles. The molecule has 1 aromatic heterocycles. The van der Waals surface area contributed by atoms with Crippen LogP contribution in [0.3, 0.4) is 0 Å². The maximum atomic E-state index is 12.9. The van der Waals surface area contributed by atoms with E-state index in [1.807, 2.05) is 10.6 Å². The van der Waals surface area contributed by atoms with Crippen LogP contribution in [-0.4, -0.2) is 49.5 Å². The van der Waals surface area contributed by atoms with E-state index < -0.39 is 15.9 Å². The molecule has 1 saturated heterocycles. The number of carbonyl (C=O) groups excluding carboxylic acids is 1. The molecule has 1 aliphatic rings. The Bertz CT molecular complexity index is 1320. The van der Waals surface area contributed by atoms with E-state index in [4.69, 9.17) is 4.74 Å². The highest BCUT2D eigenvalue weighted by molar-refractivity contribution is 7.89. The van der Waals surface area contributed by atoms with Crippen molar-refractivity contribution in [1.29, 1.82) is 0 Å². The van der Waals surface area contributed by atoms with Crippen molar-refractivity contribution in [3.8, 4) is 0 Å². The lowest BCUT2D eigenvalue weighted by Gasteiger charge is -2.26. The van der Waals surface area contributed by atoms with Gasteiger partial charge in [-0.25, -0.2) is 8.42 Å². The van der Waals surface area contributed by atoms with Gasteiger partial charge in [0.2, 0.25) is 10.0 Å². The molecule has 0 unspecified atom stereocenters. The average molecular weight is 472 g/mol. The number of hydrogen-bond donors (Lipinski definition) is 0. The first-order chi connectivity index (χ1) is 15.4. The SMILES string of the molecule is C=CCn1c(=NC(=O)c2ccc(S(=O)(=O)N3CCOCC3)cc2)sc2cc(CC)ccc21. The van der Waals surface area contributed by atoms with E-state index in [0.717, 1.165) is 16.6 Å². The molecule has 9 heteroatoms. The van der Waals surface area contributed by atoms with Gasteiger partial charge in [0, 0.05) is 25.2 Å². The van der Waals surface area contributed by atoms with E-state index >= 15 is 0 Å². The highest BCUT2D eigenvalue weighted by Gasteiger charge is 2.26. The first-order valence-corrected chi connectivity index (χ1v) is 12.7. The molecule has 2 heterocycles. The summed E-state index contributed by atoms with van der Waals surface area (Å²) in [5.41, 5.74) is 2.56. The summed E-state index contributed by atoms with van der Waals surface area (Å²) in [5, 5.41) is 0. The van der Waals surface area contributed by atoms with Gasteiger partial charge in [0.15, 0.2) is 4.80 Å². The number of benzene rings is 2. The molecule has 3 aromatic rings. The second kappa shape index (κ2) is 9.50. The van der Waals surface area contributed by atoms with Gasteiger partial charge < -0.3 is 9.30 Å². The largest absolute Gasteiger partial charge is 0.379 e. The van der Waals surface area contributed by atoms with Crippen molar-refractivity contribution in [2.75, 3.05) is 26.3 Å². The lowest BCUT2D eigenvalue weighted by atomic mass is 10.2.